The number of piperidine rings is 1. The Morgan fingerprint density at radius 1 is 1.29 bits per heavy atom. The molecule has 0 aliphatic carbocycles. The van der Waals surface area contributed by atoms with Crippen LogP contribution in [0.15, 0.2) is 18.2 Å². The van der Waals surface area contributed by atoms with Crippen molar-refractivity contribution in [3.05, 3.63) is 35.4 Å². The van der Waals surface area contributed by atoms with Gasteiger partial charge in [-0.05, 0) is 25.5 Å². The number of aliphatic hydroxyl groups is 1. The van der Waals surface area contributed by atoms with Crippen LogP contribution in [0.25, 0.3) is 0 Å². The van der Waals surface area contributed by atoms with Crippen LogP contribution in [-0.2, 0) is 6.54 Å². The van der Waals surface area contributed by atoms with Gasteiger partial charge in [0.05, 0.1) is 6.61 Å². The van der Waals surface area contributed by atoms with Gasteiger partial charge in [0.1, 0.15) is 0 Å². The molecular weight excluding hydrogens is 224 g/mol. The molecule has 4 heteroatoms. The molecule has 1 heterocycles. The topological polar surface area (TPSA) is 23.5 Å². The number of hydrogen-bond acceptors (Lipinski definition) is 2. The summed E-state index contributed by atoms with van der Waals surface area (Å²) in [7, 11) is 0. The third-order valence-corrected chi connectivity index (χ3v) is 3.36. The molecule has 2 nitrogen and oxygen atoms in total. The maximum atomic E-state index is 13.5. The van der Waals surface area contributed by atoms with E-state index in [-0.39, 0.29) is 12.6 Å². The van der Waals surface area contributed by atoms with Crippen molar-refractivity contribution < 1.29 is 13.9 Å². The molecule has 0 bridgehead atoms. The summed E-state index contributed by atoms with van der Waals surface area (Å²) < 4.78 is 26.6. The van der Waals surface area contributed by atoms with Crippen LogP contribution in [0.3, 0.4) is 0 Å². The molecule has 1 N–H and O–H groups in total. The highest BCUT2D eigenvalue weighted by atomic mass is 19.2. The highest BCUT2D eigenvalue weighted by Crippen LogP contribution is 2.21. The highest BCUT2D eigenvalue weighted by molar-refractivity contribution is 5.19. The van der Waals surface area contributed by atoms with Crippen molar-refractivity contribution in [1.82, 2.24) is 4.90 Å². The first-order valence-electron chi connectivity index (χ1n) is 6.00. The van der Waals surface area contributed by atoms with Gasteiger partial charge >= 0.3 is 0 Å². The van der Waals surface area contributed by atoms with Gasteiger partial charge in [-0.25, -0.2) is 8.78 Å². The van der Waals surface area contributed by atoms with Crippen molar-refractivity contribution in [2.75, 3.05) is 13.2 Å². The van der Waals surface area contributed by atoms with Gasteiger partial charge in [-0.3, -0.25) is 4.90 Å². The Labute approximate surface area is 99.9 Å². The van der Waals surface area contributed by atoms with E-state index in [4.69, 9.17) is 0 Å². The SMILES string of the molecule is OCC1CCCCN1Cc1cccc(F)c1F. The van der Waals surface area contributed by atoms with Crippen LogP contribution in [-0.4, -0.2) is 29.2 Å². The van der Waals surface area contributed by atoms with Crippen LogP contribution < -0.4 is 0 Å². The van der Waals surface area contributed by atoms with E-state index in [9.17, 15) is 13.9 Å². The summed E-state index contributed by atoms with van der Waals surface area (Å²) in [6, 6.07) is 4.32. The van der Waals surface area contributed by atoms with E-state index < -0.39 is 11.6 Å². The van der Waals surface area contributed by atoms with Crippen LogP contribution in [0.4, 0.5) is 8.78 Å². The Hall–Kier alpha value is -1.00. The molecule has 0 aromatic heterocycles. The van der Waals surface area contributed by atoms with Crippen molar-refractivity contribution >= 4 is 0 Å². The molecule has 1 aromatic rings. The molecule has 17 heavy (non-hydrogen) atoms. The van der Waals surface area contributed by atoms with Gasteiger partial charge in [0.25, 0.3) is 0 Å². The smallest absolute Gasteiger partial charge is 0.163 e. The van der Waals surface area contributed by atoms with Gasteiger partial charge in [-0.2, -0.15) is 0 Å². The molecule has 1 fully saturated rings. The molecular formula is C13H17F2NO. The molecule has 94 valence electrons. The highest BCUT2D eigenvalue weighted by Gasteiger charge is 2.22. The molecule has 0 saturated carbocycles. The zero-order chi connectivity index (χ0) is 12.3. The molecule has 1 saturated heterocycles. The van der Waals surface area contributed by atoms with Gasteiger partial charge in [0.2, 0.25) is 0 Å². The Kier molecular flexibility index (Phi) is 4.07. The Morgan fingerprint density at radius 2 is 2.12 bits per heavy atom. The fraction of sp³-hybridized carbons (Fsp3) is 0.538. The van der Waals surface area contributed by atoms with E-state index in [1.807, 2.05) is 4.90 Å². The summed E-state index contributed by atoms with van der Waals surface area (Å²) in [5.41, 5.74) is 0.366. The number of rotatable bonds is 3. The zero-order valence-corrected chi connectivity index (χ0v) is 9.70. The second-order valence-electron chi connectivity index (χ2n) is 4.52. The summed E-state index contributed by atoms with van der Waals surface area (Å²) in [5.74, 6) is -1.57. The molecule has 1 aromatic carbocycles. The average molecular weight is 241 g/mol. The lowest BCUT2D eigenvalue weighted by Gasteiger charge is -2.34. The average Bonchev–Trinajstić information content (AvgIpc) is 2.35. The summed E-state index contributed by atoms with van der Waals surface area (Å²) in [6.45, 7) is 1.28. The third-order valence-electron chi connectivity index (χ3n) is 3.36. The quantitative estimate of drug-likeness (QED) is 0.877. The van der Waals surface area contributed by atoms with Crippen molar-refractivity contribution in [1.29, 1.82) is 0 Å². The minimum Gasteiger partial charge on any atom is -0.395 e. The molecule has 1 aliphatic heterocycles. The van der Waals surface area contributed by atoms with Crippen LogP contribution in [0.5, 0.6) is 0 Å². The molecule has 2 rings (SSSR count). The van der Waals surface area contributed by atoms with E-state index in [1.54, 1.807) is 6.07 Å². The maximum Gasteiger partial charge on any atom is 0.163 e. The number of aliphatic hydroxyl groups excluding tert-OH is 1. The Morgan fingerprint density at radius 3 is 2.88 bits per heavy atom. The lowest BCUT2D eigenvalue weighted by Crippen LogP contribution is -2.41. The predicted octanol–water partition coefficient (Wildman–Crippen LogP) is 2.31. The minimum absolute atomic E-state index is 0.0754. The monoisotopic (exact) mass is 241 g/mol. The number of hydrogen-bond donors (Lipinski definition) is 1. The summed E-state index contributed by atoms with van der Waals surface area (Å²) in [4.78, 5) is 2.03. The standard InChI is InChI=1S/C13H17F2NO/c14-12-6-3-4-10(13(12)15)8-16-7-2-1-5-11(16)9-17/h3-4,6,11,17H,1-2,5,7-9H2. The van der Waals surface area contributed by atoms with Crippen LogP contribution in [0.2, 0.25) is 0 Å². The molecule has 0 spiro atoms. The van der Waals surface area contributed by atoms with Crippen LogP contribution in [0, 0.1) is 11.6 Å². The third kappa shape index (κ3) is 2.82. The Balaban J connectivity index is 2.11. The Bertz CT molecular complexity index is 384. The van der Waals surface area contributed by atoms with Gasteiger partial charge in [0.15, 0.2) is 11.6 Å². The predicted molar refractivity (Wildman–Crippen MR) is 61.5 cm³/mol. The van der Waals surface area contributed by atoms with E-state index in [0.717, 1.165) is 31.9 Å². The van der Waals surface area contributed by atoms with E-state index in [0.29, 0.717) is 12.1 Å². The summed E-state index contributed by atoms with van der Waals surface area (Å²) in [5, 5.41) is 9.25. The second-order valence-corrected chi connectivity index (χ2v) is 4.52. The molecule has 0 amide bonds. The van der Waals surface area contributed by atoms with Crippen molar-refractivity contribution in [3.63, 3.8) is 0 Å². The van der Waals surface area contributed by atoms with E-state index in [2.05, 4.69) is 0 Å². The van der Waals surface area contributed by atoms with Crippen LogP contribution in [0.1, 0.15) is 24.8 Å². The van der Waals surface area contributed by atoms with Gasteiger partial charge in [-0.15, -0.1) is 0 Å². The first-order valence-corrected chi connectivity index (χ1v) is 6.00. The molecule has 1 atom stereocenters. The first-order chi connectivity index (χ1) is 8.22. The van der Waals surface area contributed by atoms with Crippen LogP contribution >= 0.6 is 0 Å². The van der Waals surface area contributed by atoms with Gasteiger partial charge in [-0.1, -0.05) is 18.6 Å². The molecule has 1 unspecified atom stereocenters. The lowest BCUT2D eigenvalue weighted by molar-refractivity contribution is 0.0830. The summed E-state index contributed by atoms with van der Waals surface area (Å²) in [6.07, 6.45) is 3.06. The number of likely N-dealkylation sites (tertiary alicyclic amines) is 1. The first kappa shape index (κ1) is 12.5. The van der Waals surface area contributed by atoms with Crippen molar-refractivity contribution in [2.24, 2.45) is 0 Å². The lowest BCUT2D eigenvalue weighted by atomic mass is 10.0. The number of benzene rings is 1. The molecule has 0 radical (unpaired) electrons. The van der Waals surface area contributed by atoms with Gasteiger partial charge in [0, 0.05) is 18.2 Å². The maximum absolute atomic E-state index is 13.5. The largest absolute Gasteiger partial charge is 0.395 e. The van der Waals surface area contributed by atoms with Gasteiger partial charge < -0.3 is 5.11 Å². The van der Waals surface area contributed by atoms with E-state index in [1.165, 1.54) is 6.07 Å². The number of nitrogens with zero attached hydrogens (tertiary/aromatic N) is 1. The second kappa shape index (κ2) is 5.56. The fourth-order valence-corrected chi connectivity index (χ4v) is 2.36. The van der Waals surface area contributed by atoms with Crippen molar-refractivity contribution in [3.8, 4) is 0 Å². The normalized spacial score (nSPS) is 21.7. The number of halogens is 2. The summed E-state index contributed by atoms with van der Waals surface area (Å²) >= 11 is 0. The van der Waals surface area contributed by atoms with Crippen molar-refractivity contribution in [2.45, 2.75) is 31.8 Å². The minimum atomic E-state index is -0.806. The van der Waals surface area contributed by atoms with E-state index >= 15 is 0 Å². The molecule has 1 aliphatic rings. The zero-order valence-electron chi connectivity index (χ0n) is 9.70. The fourth-order valence-electron chi connectivity index (χ4n) is 2.36.